The van der Waals surface area contributed by atoms with Crippen molar-refractivity contribution in [2.45, 2.75) is 57.7 Å². The summed E-state index contributed by atoms with van der Waals surface area (Å²) >= 11 is 0. The lowest BCUT2D eigenvalue weighted by Gasteiger charge is -2.39. The second-order valence-corrected chi connectivity index (χ2v) is 5.46. The van der Waals surface area contributed by atoms with Crippen LogP contribution in [0.15, 0.2) is 0 Å². The van der Waals surface area contributed by atoms with Crippen molar-refractivity contribution in [2.75, 3.05) is 19.6 Å². The molecule has 1 saturated carbocycles. The molecule has 0 aromatic heterocycles. The first-order valence-corrected chi connectivity index (χ1v) is 6.89. The summed E-state index contributed by atoms with van der Waals surface area (Å²) in [5, 5.41) is 13.7. The highest BCUT2D eigenvalue weighted by Crippen LogP contribution is 2.25. The fourth-order valence-corrected chi connectivity index (χ4v) is 2.81. The third-order valence-corrected chi connectivity index (χ3v) is 4.02. The van der Waals surface area contributed by atoms with Crippen molar-refractivity contribution in [1.82, 2.24) is 10.2 Å². The average Bonchev–Trinajstić information content (AvgIpc) is 3.11. The summed E-state index contributed by atoms with van der Waals surface area (Å²) in [6.45, 7) is 7.65. The summed E-state index contributed by atoms with van der Waals surface area (Å²) in [5.74, 6) is 0.468. The molecule has 16 heavy (non-hydrogen) atoms. The minimum Gasteiger partial charge on any atom is -0.393 e. The van der Waals surface area contributed by atoms with Gasteiger partial charge in [0.05, 0.1) is 6.10 Å². The van der Waals surface area contributed by atoms with Crippen molar-refractivity contribution >= 4 is 0 Å². The third-order valence-electron chi connectivity index (χ3n) is 4.02. The molecule has 1 heterocycles. The van der Waals surface area contributed by atoms with Crippen molar-refractivity contribution in [1.29, 1.82) is 0 Å². The first-order valence-electron chi connectivity index (χ1n) is 6.89. The predicted molar refractivity (Wildman–Crippen MR) is 66.5 cm³/mol. The van der Waals surface area contributed by atoms with Crippen LogP contribution >= 0.6 is 0 Å². The van der Waals surface area contributed by atoms with Gasteiger partial charge in [-0.25, -0.2) is 0 Å². The second kappa shape index (κ2) is 5.48. The van der Waals surface area contributed by atoms with Crippen LogP contribution in [-0.4, -0.2) is 47.8 Å². The van der Waals surface area contributed by atoms with Gasteiger partial charge < -0.3 is 15.3 Å². The zero-order valence-corrected chi connectivity index (χ0v) is 10.7. The molecule has 2 rings (SSSR count). The van der Waals surface area contributed by atoms with Crippen LogP contribution in [0.5, 0.6) is 0 Å². The van der Waals surface area contributed by atoms with Gasteiger partial charge in [-0.1, -0.05) is 13.8 Å². The van der Waals surface area contributed by atoms with E-state index in [1.807, 2.05) is 0 Å². The fourth-order valence-electron chi connectivity index (χ4n) is 2.81. The van der Waals surface area contributed by atoms with Crippen LogP contribution < -0.4 is 5.32 Å². The quantitative estimate of drug-likeness (QED) is 0.740. The molecule has 3 nitrogen and oxygen atoms in total. The highest BCUT2D eigenvalue weighted by molar-refractivity contribution is 4.91. The molecule has 1 saturated heterocycles. The minimum absolute atomic E-state index is 0.113. The normalized spacial score (nSPS) is 33.9. The lowest BCUT2D eigenvalue weighted by atomic mass is 9.88. The number of nitrogens with zero attached hydrogens (tertiary/aromatic N) is 1. The molecule has 0 amide bonds. The molecule has 3 heteroatoms. The number of aliphatic hydroxyl groups is 1. The van der Waals surface area contributed by atoms with Crippen LogP contribution in [-0.2, 0) is 0 Å². The van der Waals surface area contributed by atoms with Crippen LogP contribution in [0, 0.1) is 5.92 Å². The summed E-state index contributed by atoms with van der Waals surface area (Å²) in [7, 11) is 0. The summed E-state index contributed by atoms with van der Waals surface area (Å²) in [6, 6.07) is 1.38. The van der Waals surface area contributed by atoms with Crippen molar-refractivity contribution in [2.24, 2.45) is 5.92 Å². The van der Waals surface area contributed by atoms with Gasteiger partial charge in [0, 0.05) is 25.2 Å². The van der Waals surface area contributed by atoms with Gasteiger partial charge in [-0.05, 0) is 38.1 Å². The molecule has 2 N–H and O–H groups in total. The van der Waals surface area contributed by atoms with Crippen LogP contribution in [0.1, 0.15) is 39.5 Å². The predicted octanol–water partition coefficient (Wildman–Crippen LogP) is 1.22. The Hall–Kier alpha value is -0.120. The van der Waals surface area contributed by atoms with Crippen LogP contribution in [0.2, 0.25) is 0 Å². The molecule has 0 aromatic carbocycles. The second-order valence-electron chi connectivity index (χ2n) is 5.46. The van der Waals surface area contributed by atoms with E-state index in [2.05, 4.69) is 24.1 Å². The molecule has 2 fully saturated rings. The standard InChI is InChI=1S/C13H26N2O/c1-3-13(16)10-7-12(14-11-5-6-11)9-15(4-2)8-10/h10-14,16H,3-9H2,1-2H3. The zero-order valence-electron chi connectivity index (χ0n) is 10.7. The van der Waals surface area contributed by atoms with Crippen LogP contribution in [0.25, 0.3) is 0 Å². The van der Waals surface area contributed by atoms with E-state index in [0.717, 1.165) is 32.0 Å². The summed E-state index contributed by atoms with van der Waals surface area (Å²) < 4.78 is 0. The number of rotatable bonds is 5. The van der Waals surface area contributed by atoms with Gasteiger partial charge in [-0.15, -0.1) is 0 Å². The largest absolute Gasteiger partial charge is 0.393 e. The minimum atomic E-state index is -0.113. The first kappa shape index (κ1) is 12.3. The van der Waals surface area contributed by atoms with E-state index in [9.17, 15) is 5.11 Å². The van der Waals surface area contributed by atoms with Crippen molar-refractivity contribution in [3.05, 3.63) is 0 Å². The average molecular weight is 226 g/mol. The van der Waals surface area contributed by atoms with Crippen LogP contribution in [0.4, 0.5) is 0 Å². The maximum absolute atomic E-state index is 10.0. The van der Waals surface area contributed by atoms with E-state index >= 15 is 0 Å². The molecule has 3 unspecified atom stereocenters. The molecule has 94 valence electrons. The molecule has 0 radical (unpaired) electrons. The Kier molecular flexibility index (Phi) is 4.22. The lowest BCUT2D eigenvalue weighted by molar-refractivity contribution is 0.0372. The number of hydrogen-bond donors (Lipinski definition) is 2. The van der Waals surface area contributed by atoms with E-state index < -0.39 is 0 Å². The topological polar surface area (TPSA) is 35.5 Å². The van der Waals surface area contributed by atoms with Crippen molar-refractivity contribution in [3.8, 4) is 0 Å². The highest BCUT2D eigenvalue weighted by Gasteiger charge is 2.33. The first-order chi connectivity index (χ1) is 7.72. The summed E-state index contributed by atoms with van der Waals surface area (Å²) in [6.07, 6.45) is 4.63. The van der Waals surface area contributed by atoms with E-state index in [1.165, 1.54) is 19.4 Å². The maximum atomic E-state index is 10.0. The maximum Gasteiger partial charge on any atom is 0.0578 e. The Morgan fingerprint density at radius 3 is 2.56 bits per heavy atom. The summed E-state index contributed by atoms with van der Waals surface area (Å²) in [4.78, 5) is 2.48. The Labute approximate surface area is 99.2 Å². The van der Waals surface area contributed by atoms with Gasteiger partial charge in [-0.3, -0.25) is 0 Å². The molecule has 0 spiro atoms. The SMILES string of the molecule is CCC(O)C1CC(NC2CC2)CN(CC)C1. The van der Waals surface area contributed by atoms with Gasteiger partial charge >= 0.3 is 0 Å². The molecule has 3 atom stereocenters. The van der Waals surface area contributed by atoms with Gasteiger partial charge in [0.15, 0.2) is 0 Å². The molecule has 1 aliphatic carbocycles. The number of hydrogen-bond acceptors (Lipinski definition) is 3. The molecular weight excluding hydrogens is 200 g/mol. The van der Waals surface area contributed by atoms with E-state index in [0.29, 0.717) is 12.0 Å². The number of likely N-dealkylation sites (N-methyl/N-ethyl adjacent to an activating group) is 1. The molecule has 0 bridgehead atoms. The Morgan fingerprint density at radius 2 is 2.00 bits per heavy atom. The lowest BCUT2D eigenvalue weighted by Crippen LogP contribution is -2.52. The third kappa shape index (κ3) is 3.19. The van der Waals surface area contributed by atoms with Gasteiger partial charge in [0.25, 0.3) is 0 Å². The Morgan fingerprint density at radius 1 is 1.25 bits per heavy atom. The van der Waals surface area contributed by atoms with Gasteiger partial charge in [-0.2, -0.15) is 0 Å². The monoisotopic (exact) mass is 226 g/mol. The summed E-state index contributed by atoms with van der Waals surface area (Å²) in [5.41, 5.74) is 0. The van der Waals surface area contributed by atoms with E-state index in [1.54, 1.807) is 0 Å². The van der Waals surface area contributed by atoms with Gasteiger partial charge in [0.1, 0.15) is 0 Å². The Bertz CT molecular complexity index is 218. The molecule has 0 aromatic rings. The zero-order chi connectivity index (χ0) is 11.5. The van der Waals surface area contributed by atoms with Crippen molar-refractivity contribution < 1.29 is 5.11 Å². The number of nitrogens with one attached hydrogen (secondary N) is 1. The smallest absolute Gasteiger partial charge is 0.0578 e. The Balaban J connectivity index is 1.88. The number of aliphatic hydroxyl groups excluding tert-OH is 1. The number of likely N-dealkylation sites (tertiary alicyclic amines) is 1. The van der Waals surface area contributed by atoms with E-state index in [4.69, 9.17) is 0 Å². The van der Waals surface area contributed by atoms with Crippen LogP contribution in [0.3, 0.4) is 0 Å². The molecule has 1 aliphatic heterocycles. The fraction of sp³-hybridized carbons (Fsp3) is 1.00. The van der Waals surface area contributed by atoms with E-state index in [-0.39, 0.29) is 6.10 Å². The molecular formula is C13H26N2O. The number of piperidine rings is 1. The van der Waals surface area contributed by atoms with Gasteiger partial charge in [0.2, 0.25) is 0 Å². The highest BCUT2D eigenvalue weighted by atomic mass is 16.3. The molecule has 2 aliphatic rings. The van der Waals surface area contributed by atoms with Crippen molar-refractivity contribution in [3.63, 3.8) is 0 Å².